The van der Waals surface area contributed by atoms with E-state index in [-0.39, 0.29) is 0 Å². The van der Waals surface area contributed by atoms with E-state index in [0.717, 1.165) is 24.3 Å². The van der Waals surface area contributed by atoms with Crippen LogP contribution in [0.1, 0.15) is 19.4 Å². The summed E-state index contributed by atoms with van der Waals surface area (Å²) in [6.07, 6.45) is 3.20. The molecule has 2 atom stereocenters. The van der Waals surface area contributed by atoms with E-state index in [1.807, 2.05) is 12.3 Å². The number of H-pyrrole nitrogens is 1. The molecule has 0 radical (unpaired) electrons. The number of likely N-dealkylation sites (tertiary alicyclic amines) is 1. The third-order valence-electron chi connectivity index (χ3n) is 4.27. The Balaban J connectivity index is 2.02. The maximum absolute atomic E-state index is 5.53. The molecule has 2 unspecified atom stereocenters. The van der Waals surface area contributed by atoms with Crippen molar-refractivity contribution in [2.45, 2.75) is 19.4 Å². The smallest absolute Gasteiger partial charge is 0.177 e. The van der Waals surface area contributed by atoms with Crippen LogP contribution in [0.4, 0.5) is 0 Å². The first-order chi connectivity index (χ1) is 9.66. The molecule has 2 aromatic rings. The van der Waals surface area contributed by atoms with Gasteiger partial charge in [-0.2, -0.15) is 0 Å². The van der Waals surface area contributed by atoms with Crippen LogP contribution in [0.3, 0.4) is 0 Å². The Hall–Kier alpha value is -1.39. The Labute approximate surface area is 125 Å². The van der Waals surface area contributed by atoms with Gasteiger partial charge in [0.2, 0.25) is 0 Å². The fourth-order valence-corrected chi connectivity index (χ4v) is 3.56. The Morgan fingerprint density at radius 2 is 2.00 bits per heavy atom. The maximum Gasteiger partial charge on any atom is 0.177 e. The van der Waals surface area contributed by atoms with Gasteiger partial charge < -0.3 is 14.5 Å². The zero-order valence-corrected chi connectivity index (χ0v) is 12.9. The summed E-state index contributed by atoms with van der Waals surface area (Å²) in [4.78, 5) is 5.63. The molecule has 0 aliphatic carbocycles. The Bertz CT molecular complexity index is 629. The highest BCUT2D eigenvalue weighted by molar-refractivity contribution is 7.71. The van der Waals surface area contributed by atoms with E-state index in [1.165, 1.54) is 11.3 Å². The van der Waals surface area contributed by atoms with Crippen LogP contribution in [-0.4, -0.2) is 34.6 Å². The summed E-state index contributed by atoms with van der Waals surface area (Å²) < 4.78 is 3.16. The van der Waals surface area contributed by atoms with Crippen LogP contribution < -0.4 is 0 Å². The minimum absolute atomic E-state index is 0.486. The lowest BCUT2D eigenvalue weighted by molar-refractivity contribution is 0.159. The first-order valence-electron chi connectivity index (χ1n) is 7.20. The monoisotopic (exact) mass is 287 g/mol. The molecule has 1 fully saturated rings. The average molecular weight is 287 g/mol. The summed E-state index contributed by atoms with van der Waals surface area (Å²) in [6.45, 7) is 4.59. The molecule has 1 N–H and O–H groups in total. The van der Waals surface area contributed by atoms with Crippen molar-refractivity contribution in [2.75, 3.05) is 20.1 Å². The summed E-state index contributed by atoms with van der Waals surface area (Å²) in [5.74, 6) is 0.610. The van der Waals surface area contributed by atoms with Crippen molar-refractivity contribution in [1.29, 1.82) is 0 Å². The van der Waals surface area contributed by atoms with Crippen LogP contribution in [0.2, 0.25) is 0 Å². The largest absolute Gasteiger partial charge is 0.337 e. The van der Waals surface area contributed by atoms with Crippen LogP contribution in [0.15, 0.2) is 36.5 Å². The lowest BCUT2D eigenvalue weighted by atomic mass is 9.93. The van der Waals surface area contributed by atoms with Crippen LogP contribution in [0, 0.1) is 10.7 Å². The highest BCUT2D eigenvalue weighted by Crippen LogP contribution is 2.32. The molecule has 0 bridgehead atoms. The molecule has 106 valence electrons. The molecule has 3 nitrogen and oxygen atoms in total. The van der Waals surface area contributed by atoms with E-state index in [4.69, 9.17) is 12.2 Å². The SMILES string of the molecule is CC1CN(C)CCC1n1c(-c2ccccc2)c[nH]c1=S. The molecular weight excluding hydrogens is 266 g/mol. The van der Waals surface area contributed by atoms with Gasteiger partial charge in [0.25, 0.3) is 0 Å². The van der Waals surface area contributed by atoms with E-state index < -0.39 is 0 Å². The fourth-order valence-electron chi connectivity index (χ4n) is 3.26. The fraction of sp³-hybridized carbons (Fsp3) is 0.438. The predicted octanol–water partition coefficient (Wildman–Crippen LogP) is 3.73. The van der Waals surface area contributed by atoms with E-state index in [9.17, 15) is 0 Å². The summed E-state index contributed by atoms with van der Waals surface area (Å²) in [5.41, 5.74) is 2.43. The Morgan fingerprint density at radius 3 is 2.70 bits per heavy atom. The summed E-state index contributed by atoms with van der Waals surface area (Å²) in [6, 6.07) is 11.0. The number of benzene rings is 1. The van der Waals surface area contributed by atoms with Gasteiger partial charge in [-0.3, -0.25) is 0 Å². The van der Waals surface area contributed by atoms with Gasteiger partial charge in [-0.05, 0) is 43.7 Å². The van der Waals surface area contributed by atoms with E-state index >= 15 is 0 Å². The lowest BCUT2D eigenvalue weighted by Crippen LogP contribution is -2.38. The number of hydrogen-bond donors (Lipinski definition) is 1. The van der Waals surface area contributed by atoms with Gasteiger partial charge in [0.05, 0.1) is 5.69 Å². The lowest BCUT2D eigenvalue weighted by Gasteiger charge is -2.36. The van der Waals surface area contributed by atoms with Crippen molar-refractivity contribution in [1.82, 2.24) is 14.5 Å². The van der Waals surface area contributed by atoms with Gasteiger partial charge in [0, 0.05) is 18.8 Å². The van der Waals surface area contributed by atoms with Crippen LogP contribution in [0.5, 0.6) is 0 Å². The second kappa shape index (κ2) is 5.54. The highest BCUT2D eigenvalue weighted by atomic mass is 32.1. The van der Waals surface area contributed by atoms with Crippen molar-refractivity contribution >= 4 is 12.2 Å². The quantitative estimate of drug-likeness (QED) is 0.851. The average Bonchev–Trinajstić information content (AvgIpc) is 2.82. The van der Waals surface area contributed by atoms with E-state index in [1.54, 1.807) is 0 Å². The minimum atomic E-state index is 0.486. The molecule has 1 aromatic carbocycles. The van der Waals surface area contributed by atoms with Crippen molar-refractivity contribution in [3.63, 3.8) is 0 Å². The van der Waals surface area contributed by atoms with Crippen LogP contribution in [0.25, 0.3) is 11.3 Å². The predicted molar refractivity (Wildman–Crippen MR) is 85.4 cm³/mol. The first kappa shape index (κ1) is 13.6. The topological polar surface area (TPSA) is 24.0 Å². The normalized spacial score (nSPS) is 23.9. The number of hydrogen-bond acceptors (Lipinski definition) is 2. The molecule has 4 heteroatoms. The summed E-state index contributed by atoms with van der Waals surface area (Å²) >= 11 is 5.53. The third-order valence-corrected chi connectivity index (χ3v) is 4.59. The number of piperidine rings is 1. The van der Waals surface area contributed by atoms with Gasteiger partial charge >= 0.3 is 0 Å². The number of nitrogens with one attached hydrogen (secondary N) is 1. The molecule has 0 saturated carbocycles. The molecule has 1 aliphatic heterocycles. The Kier molecular flexibility index (Phi) is 3.76. The maximum atomic E-state index is 5.53. The van der Waals surface area contributed by atoms with Gasteiger partial charge in [0.15, 0.2) is 4.77 Å². The van der Waals surface area contributed by atoms with E-state index in [0.29, 0.717) is 12.0 Å². The first-order valence-corrected chi connectivity index (χ1v) is 7.61. The standard InChI is InChI=1S/C16H21N3S/c1-12-11-18(2)9-8-14(12)19-15(10-17-16(19)20)13-6-4-3-5-7-13/h3-7,10,12,14H,8-9,11H2,1-2H3,(H,17,20). The summed E-state index contributed by atoms with van der Waals surface area (Å²) in [5, 5.41) is 0. The van der Waals surface area contributed by atoms with E-state index in [2.05, 4.69) is 52.7 Å². The number of imidazole rings is 1. The minimum Gasteiger partial charge on any atom is -0.337 e. The second-order valence-electron chi connectivity index (χ2n) is 5.81. The number of nitrogens with zero attached hydrogens (tertiary/aromatic N) is 2. The van der Waals surface area contributed by atoms with Gasteiger partial charge in [-0.15, -0.1) is 0 Å². The van der Waals surface area contributed by atoms with Gasteiger partial charge in [-0.1, -0.05) is 37.3 Å². The third kappa shape index (κ3) is 2.45. The summed E-state index contributed by atoms with van der Waals surface area (Å²) in [7, 11) is 2.20. The number of aromatic amines is 1. The highest BCUT2D eigenvalue weighted by Gasteiger charge is 2.27. The molecular formula is C16H21N3S. The molecule has 1 aliphatic rings. The molecule has 2 heterocycles. The Morgan fingerprint density at radius 1 is 1.25 bits per heavy atom. The molecule has 1 saturated heterocycles. The number of aromatic nitrogens is 2. The second-order valence-corrected chi connectivity index (χ2v) is 6.20. The van der Waals surface area contributed by atoms with Crippen LogP contribution in [-0.2, 0) is 0 Å². The van der Waals surface area contributed by atoms with Gasteiger partial charge in [0.1, 0.15) is 0 Å². The van der Waals surface area contributed by atoms with Crippen molar-refractivity contribution in [3.8, 4) is 11.3 Å². The zero-order chi connectivity index (χ0) is 14.1. The van der Waals surface area contributed by atoms with Gasteiger partial charge in [-0.25, -0.2) is 0 Å². The number of rotatable bonds is 2. The van der Waals surface area contributed by atoms with Crippen molar-refractivity contribution in [3.05, 3.63) is 41.3 Å². The molecule has 0 spiro atoms. The van der Waals surface area contributed by atoms with Crippen molar-refractivity contribution < 1.29 is 0 Å². The zero-order valence-electron chi connectivity index (χ0n) is 12.0. The molecule has 0 amide bonds. The van der Waals surface area contributed by atoms with Crippen molar-refractivity contribution in [2.24, 2.45) is 5.92 Å². The molecule has 20 heavy (non-hydrogen) atoms. The molecule has 3 rings (SSSR count). The van der Waals surface area contributed by atoms with Crippen LogP contribution >= 0.6 is 12.2 Å². The molecule has 1 aromatic heterocycles.